The molecule has 5 nitrogen and oxygen atoms in total. The van der Waals surface area contributed by atoms with Gasteiger partial charge in [0.05, 0.1) is 11.1 Å². The molecule has 0 bridgehead atoms. The Kier molecular flexibility index (Phi) is 2.80. The first-order valence-corrected chi connectivity index (χ1v) is 5.87. The van der Waals surface area contributed by atoms with E-state index in [2.05, 4.69) is 10.5 Å². The van der Waals surface area contributed by atoms with Gasteiger partial charge in [0.15, 0.2) is 5.75 Å². The number of nitrogens with one attached hydrogen (secondary N) is 1. The van der Waals surface area contributed by atoms with Crippen LogP contribution in [0.3, 0.4) is 0 Å². The highest BCUT2D eigenvalue weighted by molar-refractivity contribution is 5.98. The third-order valence-corrected chi connectivity index (χ3v) is 2.87. The summed E-state index contributed by atoms with van der Waals surface area (Å²) in [6.07, 6.45) is 0. The van der Waals surface area contributed by atoms with Crippen LogP contribution < -0.4 is 10.2 Å². The minimum absolute atomic E-state index is 0.280. The first-order valence-electron chi connectivity index (χ1n) is 5.87. The van der Waals surface area contributed by atoms with E-state index >= 15 is 0 Å². The summed E-state index contributed by atoms with van der Waals surface area (Å²) in [6.45, 7) is 0. The van der Waals surface area contributed by atoms with Crippen molar-refractivity contribution in [1.82, 2.24) is 0 Å². The Labute approximate surface area is 115 Å². The Balaban J connectivity index is 2.01. The lowest BCUT2D eigenvalue weighted by Gasteiger charge is -2.18. The number of nitriles is 2. The van der Waals surface area contributed by atoms with Crippen molar-refractivity contribution >= 4 is 11.6 Å². The molecule has 2 aromatic carbocycles. The van der Waals surface area contributed by atoms with Crippen LogP contribution in [0.15, 0.2) is 47.6 Å². The van der Waals surface area contributed by atoms with E-state index in [0.717, 1.165) is 5.56 Å². The lowest BCUT2D eigenvalue weighted by Crippen LogP contribution is -2.18. The van der Waals surface area contributed by atoms with Crippen LogP contribution in [0.4, 0.5) is 5.69 Å². The predicted molar refractivity (Wildman–Crippen MR) is 73.1 cm³/mol. The summed E-state index contributed by atoms with van der Waals surface area (Å²) in [5, 5.41) is 22.1. The average Bonchev–Trinajstić information content (AvgIpc) is 2.53. The number of fused-ring (bicyclic) bond motifs is 1. The summed E-state index contributed by atoms with van der Waals surface area (Å²) in [6, 6.07) is 16.5. The second kappa shape index (κ2) is 4.75. The number of ether oxygens (including phenoxy) is 1. The molecule has 0 aliphatic carbocycles. The Bertz CT molecular complexity index is 782. The van der Waals surface area contributed by atoms with Gasteiger partial charge < -0.3 is 4.74 Å². The number of anilines is 1. The highest BCUT2D eigenvalue weighted by Gasteiger charge is 2.18. The van der Waals surface area contributed by atoms with Crippen LogP contribution in [0.25, 0.3) is 0 Å². The van der Waals surface area contributed by atoms with Crippen molar-refractivity contribution in [2.45, 2.75) is 0 Å². The Morgan fingerprint density at radius 3 is 2.40 bits per heavy atom. The molecule has 0 fully saturated rings. The van der Waals surface area contributed by atoms with Gasteiger partial charge in [-0.15, -0.1) is 5.10 Å². The van der Waals surface area contributed by atoms with Crippen molar-refractivity contribution in [3.05, 3.63) is 59.2 Å². The second-order valence-electron chi connectivity index (χ2n) is 4.11. The fourth-order valence-electron chi connectivity index (χ4n) is 1.88. The van der Waals surface area contributed by atoms with Crippen LogP contribution >= 0.6 is 0 Å². The molecule has 94 valence electrons. The maximum atomic E-state index is 9.03. The molecule has 0 aromatic heterocycles. The molecule has 3 rings (SSSR count). The van der Waals surface area contributed by atoms with E-state index in [9.17, 15) is 0 Å². The molecular formula is C15H8N4O. The molecule has 0 saturated carbocycles. The zero-order valence-electron chi connectivity index (χ0n) is 10.3. The molecular weight excluding hydrogens is 252 g/mol. The molecule has 1 N–H and O–H groups in total. The molecule has 0 atom stereocenters. The molecule has 1 heterocycles. The monoisotopic (exact) mass is 260 g/mol. The van der Waals surface area contributed by atoms with E-state index in [1.54, 1.807) is 12.1 Å². The number of nitrogens with zero attached hydrogens (tertiary/aromatic N) is 3. The van der Waals surface area contributed by atoms with Gasteiger partial charge in [-0.05, 0) is 18.2 Å². The standard InChI is InChI=1S/C15H8N4O/c16-8-11-6-13-14(7-12(11)9-17)20-15(19-18-13)10-4-2-1-3-5-10/h1-7,18H. The molecule has 0 amide bonds. The maximum absolute atomic E-state index is 9.03. The normalized spacial score (nSPS) is 12.0. The topological polar surface area (TPSA) is 81.2 Å². The minimum atomic E-state index is 0.280. The van der Waals surface area contributed by atoms with E-state index in [1.807, 2.05) is 42.5 Å². The number of hydrogen-bond acceptors (Lipinski definition) is 5. The van der Waals surface area contributed by atoms with Crippen LogP contribution in [-0.4, -0.2) is 5.90 Å². The fraction of sp³-hybridized carbons (Fsp3) is 0. The van der Waals surface area contributed by atoms with Gasteiger partial charge in [-0.2, -0.15) is 10.5 Å². The molecule has 1 aliphatic heterocycles. The van der Waals surface area contributed by atoms with Crippen molar-refractivity contribution < 1.29 is 4.74 Å². The Morgan fingerprint density at radius 1 is 1.00 bits per heavy atom. The van der Waals surface area contributed by atoms with Crippen LogP contribution in [-0.2, 0) is 0 Å². The number of rotatable bonds is 1. The van der Waals surface area contributed by atoms with Gasteiger partial charge in [0.1, 0.15) is 17.8 Å². The van der Waals surface area contributed by atoms with E-state index in [-0.39, 0.29) is 5.56 Å². The summed E-state index contributed by atoms with van der Waals surface area (Å²) >= 11 is 0. The van der Waals surface area contributed by atoms with E-state index < -0.39 is 0 Å². The van der Waals surface area contributed by atoms with E-state index in [4.69, 9.17) is 15.3 Å². The lowest BCUT2D eigenvalue weighted by atomic mass is 10.1. The Morgan fingerprint density at radius 2 is 1.70 bits per heavy atom. The van der Waals surface area contributed by atoms with Gasteiger partial charge >= 0.3 is 0 Å². The van der Waals surface area contributed by atoms with Gasteiger partial charge in [-0.3, -0.25) is 5.43 Å². The molecule has 1 aliphatic rings. The minimum Gasteiger partial charge on any atom is -0.435 e. The molecule has 0 spiro atoms. The largest absolute Gasteiger partial charge is 0.435 e. The number of hydrazone groups is 1. The first kappa shape index (κ1) is 11.8. The van der Waals surface area contributed by atoms with Crippen molar-refractivity contribution in [2.24, 2.45) is 5.10 Å². The molecule has 0 radical (unpaired) electrons. The quantitative estimate of drug-likeness (QED) is 0.854. The van der Waals surface area contributed by atoms with Crippen molar-refractivity contribution in [1.29, 1.82) is 10.5 Å². The van der Waals surface area contributed by atoms with Gasteiger partial charge in [0, 0.05) is 11.6 Å². The molecule has 5 heteroatoms. The molecule has 2 aromatic rings. The van der Waals surface area contributed by atoms with Crippen molar-refractivity contribution in [2.75, 3.05) is 5.43 Å². The summed E-state index contributed by atoms with van der Waals surface area (Å²) in [5.74, 6) is 0.904. The summed E-state index contributed by atoms with van der Waals surface area (Å²) in [7, 11) is 0. The zero-order valence-corrected chi connectivity index (χ0v) is 10.3. The van der Waals surface area contributed by atoms with Crippen LogP contribution in [0.5, 0.6) is 5.75 Å². The van der Waals surface area contributed by atoms with Gasteiger partial charge in [0.25, 0.3) is 0 Å². The average molecular weight is 260 g/mol. The number of hydrogen-bond donors (Lipinski definition) is 1. The summed E-state index contributed by atoms with van der Waals surface area (Å²) in [5.41, 5.74) is 4.81. The van der Waals surface area contributed by atoms with E-state index in [1.165, 1.54) is 0 Å². The first-order chi connectivity index (χ1) is 9.81. The fourth-order valence-corrected chi connectivity index (χ4v) is 1.88. The highest BCUT2D eigenvalue weighted by atomic mass is 16.5. The van der Waals surface area contributed by atoms with Crippen LogP contribution in [0, 0.1) is 22.7 Å². The van der Waals surface area contributed by atoms with Gasteiger partial charge in [0.2, 0.25) is 5.90 Å². The Hall–Kier alpha value is -3.31. The third-order valence-electron chi connectivity index (χ3n) is 2.87. The summed E-state index contributed by atoms with van der Waals surface area (Å²) in [4.78, 5) is 0. The molecule has 0 unspecified atom stereocenters. The maximum Gasteiger partial charge on any atom is 0.243 e. The summed E-state index contributed by atoms with van der Waals surface area (Å²) < 4.78 is 5.69. The second-order valence-corrected chi connectivity index (χ2v) is 4.11. The van der Waals surface area contributed by atoms with Crippen molar-refractivity contribution in [3.8, 4) is 17.9 Å². The van der Waals surface area contributed by atoms with Crippen LogP contribution in [0.1, 0.15) is 16.7 Å². The third kappa shape index (κ3) is 1.94. The van der Waals surface area contributed by atoms with Gasteiger partial charge in [-0.1, -0.05) is 18.2 Å². The van der Waals surface area contributed by atoms with E-state index in [0.29, 0.717) is 22.9 Å². The highest BCUT2D eigenvalue weighted by Crippen LogP contribution is 2.31. The number of benzene rings is 2. The lowest BCUT2D eigenvalue weighted by molar-refractivity contribution is 0.544. The SMILES string of the molecule is N#Cc1cc2c(cc1C#N)OC(c1ccccc1)=NN2. The molecule has 20 heavy (non-hydrogen) atoms. The molecule has 0 saturated heterocycles. The van der Waals surface area contributed by atoms with Crippen LogP contribution in [0.2, 0.25) is 0 Å². The van der Waals surface area contributed by atoms with Crippen molar-refractivity contribution in [3.63, 3.8) is 0 Å². The smallest absolute Gasteiger partial charge is 0.243 e. The predicted octanol–water partition coefficient (Wildman–Crippen LogP) is 2.60. The van der Waals surface area contributed by atoms with Gasteiger partial charge in [-0.25, -0.2) is 0 Å². The zero-order chi connectivity index (χ0) is 13.9.